The largest absolute Gasteiger partial charge is 0.495 e. The van der Waals surface area contributed by atoms with E-state index in [9.17, 15) is 4.79 Å². The van der Waals surface area contributed by atoms with Crippen LogP contribution in [0.25, 0.3) is 6.08 Å². The lowest BCUT2D eigenvalue weighted by Gasteiger charge is -2.03. The molecular formula is C16H19ClO3. The zero-order valence-corrected chi connectivity index (χ0v) is 12.4. The minimum atomic E-state index is -0.116. The van der Waals surface area contributed by atoms with Crippen LogP contribution in [0, 0.1) is 5.92 Å². The average Bonchev–Trinajstić information content (AvgIpc) is 3.26. The number of rotatable bonds is 7. The normalized spacial score (nSPS) is 14.5. The Hall–Kier alpha value is -1.48. The molecule has 4 heteroatoms. The van der Waals surface area contributed by atoms with E-state index in [1.807, 2.05) is 30.4 Å². The van der Waals surface area contributed by atoms with Gasteiger partial charge in [0.15, 0.2) is 0 Å². The molecule has 0 radical (unpaired) electrons. The molecule has 108 valence electrons. The first-order valence-electron chi connectivity index (χ1n) is 6.84. The molecule has 0 N–H and O–H groups in total. The van der Waals surface area contributed by atoms with Gasteiger partial charge in [0, 0.05) is 6.42 Å². The molecule has 1 saturated carbocycles. The Labute approximate surface area is 124 Å². The Balaban J connectivity index is 1.72. The van der Waals surface area contributed by atoms with Crippen molar-refractivity contribution in [1.82, 2.24) is 0 Å². The van der Waals surface area contributed by atoms with E-state index in [1.54, 1.807) is 7.11 Å². The summed E-state index contributed by atoms with van der Waals surface area (Å²) in [5.41, 5.74) is 0.949. The summed E-state index contributed by atoms with van der Waals surface area (Å²) in [5.74, 6) is 1.30. The van der Waals surface area contributed by atoms with Crippen molar-refractivity contribution in [3.63, 3.8) is 0 Å². The predicted molar refractivity (Wildman–Crippen MR) is 80.0 cm³/mol. The fourth-order valence-electron chi connectivity index (χ4n) is 1.91. The lowest BCUT2D eigenvalue weighted by Crippen LogP contribution is -2.04. The third-order valence-electron chi connectivity index (χ3n) is 3.28. The monoisotopic (exact) mass is 294 g/mol. The Kier molecular flexibility index (Phi) is 5.48. The van der Waals surface area contributed by atoms with Gasteiger partial charge in [-0.25, -0.2) is 0 Å². The van der Waals surface area contributed by atoms with Gasteiger partial charge in [0.05, 0.1) is 12.1 Å². The number of methoxy groups -OCH3 is 1. The van der Waals surface area contributed by atoms with Crippen molar-refractivity contribution in [3.05, 3.63) is 34.9 Å². The van der Waals surface area contributed by atoms with Gasteiger partial charge in [-0.15, -0.1) is 0 Å². The van der Waals surface area contributed by atoms with Crippen LogP contribution < -0.4 is 4.74 Å². The Morgan fingerprint density at radius 3 is 2.90 bits per heavy atom. The van der Waals surface area contributed by atoms with Crippen LogP contribution in [0.15, 0.2) is 24.3 Å². The molecule has 3 nitrogen and oxygen atoms in total. The van der Waals surface area contributed by atoms with Crippen LogP contribution in [0.2, 0.25) is 5.02 Å². The molecule has 0 bridgehead atoms. The van der Waals surface area contributed by atoms with E-state index < -0.39 is 0 Å². The maximum atomic E-state index is 11.4. The highest BCUT2D eigenvalue weighted by atomic mass is 35.5. The van der Waals surface area contributed by atoms with Gasteiger partial charge >= 0.3 is 5.97 Å². The maximum absolute atomic E-state index is 11.4. The summed E-state index contributed by atoms with van der Waals surface area (Å²) in [4.78, 5) is 11.4. The molecule has 0 aromatic heterocycles. The molecule has 0 atom stereocenters. The molecule has 0 amide bonds. The second-order valence-electron chi connectivity index (χ2n) is 4.96. The van der Waals surface area contributed by atoms with Crippen LogP contribution in [0.5, 0.6) is 5.75 Å². The molecule has 1 aliphatic rings. The lowest BCUT2D eigenvalue weighted by atomic mass is 10.2. The zero-order chi connectivity index (χ0) is 14.4. The minimum absolute atomic E-state index is 0.116. The van der Waals surface area contributed by atoms with Gasteiger partial charge < -0.3 is 9.47 Å². The first kappa shape index (κ1) is 14.9. The number of halogens is 1. The fraction of sp³-hybridized carbons (Fsp3) is 0.438. The van der Waals surface area contributed by atoms with Crippen LogP contribution in [-0.4, -0.2) is 19.7 Å². The van der Waals surface area contributed by atoms with E-state index in [2.05, 4.69) is 0 Å². The predicted octanol–water partition coefficient (Wildman–Crippen LogP) is 4.10. The average molecular weight is 295 g/mol. The Morgan fingerprint density at radius 2 is 2.25 bits per heavy atom. The third kappa shape index (κ3) is 4.89. The van der Waals surface area contributed by atoms with Crippen molar-refractivity contribution in [2.75, 3.05) is 13.7 Å². The molecule has 0 heterocycles. The number of benzene rings is 1. The molecular weight excluding hydrogens is 276 g/mol. The number of hydrogen-bond donors (Lipinski definition) is 0. The SMILES string of the molecule is COc1ccc(/C=C/COC(=O)CCC2CC2)cc1Cl. The van der Waals surface area contributed by atoms with Gasteiger partial charge in [-0.3, -0.25) is 4.79 Å². The van der Waals surface area contributed by atoms with Crippen LogP contribution in [-0.2, 0) is 9.53 Å². The van der Waals surface area contributed by atoms with Crippen molar-refractivity contribution < 1.29 is 14.3 Å². The highest BCUT2D eigenvalue weighted by Gasteiger charge is 2.21. The lowest BCUT2D eigenvalue weighted by molar-refractivity contribution is -0.142. The van der Waals surface area contributed by atoms with Gasteiger partial charge in [-0.05, 0) is 36.1 Å². The Morgan fingerprint density at radius 1 is 1.45 bits per heavy atom. The quantitative estimate of drug-likeness (QED) is 0.710. The number of carbonyl (C=O) groups excluding carboxylic acids is 1. The molecule has 1 fully saturated rings. The van der Waals surface area contributed by atoms with Gasteiger partial charge in [0.2, 0.25) is 0 Å². The molecule has 0 spiro atoms. The molecule has 20 heavy (non-hydrogen) atoms. The van der Waals surface area contributed by atoms with Crippen molar-refractivity contribution in [1.29, 1.82) is 0 Å². The van der Waals surface area contributed by atoms with E-state index >= 15 is 0 Å². The summed E-state index contributed by atoms with van der Waals surface area (Å²) in [6.07, 6.45) is 7.73. The maximum Gasteiger partial charge on any atom is 0.306 e. The number of ether oxygens (including phenoxy) is 2. The van der Waals surface area contributed by atoms with Crippen LogP contribution >= 0.6 is 11.6 Å². The highest BCUT2D eigenvalue weighted by molar-refractivity contribution is 6.32. The van der Waals surface area contributed by atoms with Crippen molar-refractivity contribution in [2.45, 2.75) is 25.7 Å². The topological polar surface area (TPSA) is 35.5 Å². The molecule has 0 saturated heterocycles. The van der Waals surface area contributed by atoms with E-state index in [1.165, 1.54) is 12.8 Å². The molecule has 2 rings (SSSR count). The first-order chi connectivity index (χ1) is 9.69. The molecule has 1 aromatic rings. The number of esters is 1. The number of hydrogen-bond acceptors (Lipinski definition) is 3. The summed E-state index contributed by atoms with van der Waals surface area (Å²) >= 11 is 6.03. The van der Waals surface area contributed by atoms with Gasteiger partial charge in [-0.2, -0.15) is 0 Å². The van der Waals surface area contributed by atoms with Crippen LogP contribution in [0.3, 0.4) is 0 Å². The summed E-state index contributed by atoms with van der Waals surface area (Å²) in [5, 5.41) is 0.566. The molecule has 0 unspecified atom stereocenters. The van der Waals surface area contributed by atoms with Crippen LogP contribution in [0.4, 0.5) is 0 Å². The van der Waals surface area contributed by atoms with E-state index in [4.69, 9.17) is 21.1 Å². The van der Waals surface area contributed by atoms with Gasteiger partial charge in [0.25, 0.3) is 0 Å². The molecule has 1 aliphatic carbocycles. The summed E-state index contributed by atoms with van der Waals surface area (Å²) < 4.78 is 10.2. The second-order valence-corrected chi connectivity index (χ2v) is 5.37. The molecule has 1 aromatic carbocycles. The smallest absolute Gasteiger partial charge is 0.306 e. The van der Waals surface area contributed by atoms with E-state index in [-0.39, 0.29) is 5.97 Å². The van der Waals surface area contributed by atoms with E-state index in [0.717, 1.165) is 17.9 Å². The Bertz CT molecular complexity index is 492. The summed E-state index contributed by atoms with van der Waals surface area (Å²) in [6, 6.07) is 5.52. The highest BCUT2D eigenvalue weighted by Crippen LogP contribution is 2.33. The zero-order valence-electron chi connectivity index (χ0n) is 11.6. The first-order valence-corrected chi connectivity index (χ1v) is 7.22. The van der Waals surface area contributed by atoms with Crippen molar-refractivity contribution in [3.8, 4) is 5.75 Å². The third-order valence-corrected chi connectivity index (χ3v) is 3.58. The number of carbonyl (C=O) groups is 1. The van der Waals surface area contributed by atoms with Gasteiger partial charge in [0.1, 0.15) is 12.4 Å². The summed E-state index contributed by atoms with van der Waals surface area (Å²) in [7, 11) is 1.58. The van der Waals surface area contributed by atoms with Crippen molar-refractivity contribution >= 4 is 23.6 Å². The van der Waals surface area contributed by atoms with Gasteiger partial charge in [-0.1, -0.05) is 36.6 Å². The van der Waals surface area contributed by atoms with Crippen molar-refractivity contribution in [2.24, 2.45) is 5.92 Å². The second kappa shape index (κ2) is 7.34. The van der Waals surface area contributed by atoms with E-state index in [0.29, 0.717) is 23.8 Å². The fourth-order valence-corrected chi connectivity index (χ4v) is 2.18. The standard InChI is InChI=1S/C16H19ClO3/c1-19-15-8-6-13(11-14(15)17)3-2-10-20-16(18)9-7-12-4-5-12/h2-3,6,8,11-12H,4-5,7,9-10H2,1H3/b3-2+. The molecule has 0 aliphatic heterocycles. The van der Waals surface area contributed by atoms with Crippen LogP contribution in [0.1, 0.15) is 31.2 Å². The summed E-state index contributed by atoms with van der Waals surface area (Å²) in [6.45, 7) is 0.299. The minimum Gasteiger partial charge on any atom is -0.495 e.